The molecule has 0 aromatic heterocycles. The lowest BCUT2D eigenvalue weighted by Gasteiger charge is -2.25. The van der Waals surface area contributed by atoms with E-state index in [1.165, 1.54) is 0 Å². The van der Waals surface area contributed by atoms with Crippen LogP contribution in [-0.4, -0.2) is 35.4 Å². The molecule has 3 rings (SSSR count). The maximum atomic E-state index is 12.4. The molecule has 26 heavy (non-hydrogen) atoms. The molecule has 5 heteroatoms. The molecule has 1 fully saturated rings. The summed E-state index contributed by atoms with van der Waals surface area (Å²) in [6, 6.07) is 17.2. The number of ether oxygens (including phenoxy) is 2. The van der Waals surface area contributed by atoms with Crippen molar-refractivity contribution in [2.45, 2.75) is 38.1 Å². The molecule has 0 heterocycles. The third-order valence-electron chi connectivity index (χ3n) is 4.74. The van der Waals surface area contributed by atoms with E-state index in [9.17, 15) is 14.7 Å². The number of aliphatic hydroxyl groups excluding tert-OH is 1. The summed E-state index contributed by atoms with van der Waals surface area (Å²) >= 11 is 0. The first-order valence-corrected chi connectivity index (χ1v) is 8.80. The zero-order valence-electron chi connectivity index (χ0n) is 14.6. The van der Waals surface area contributed by atoms with E-state index in [1.54, 1.807) is 54.6 Å². The van der Waals surface area contributed by atoms with Crippen molar-refractivity contribution in [1.82, 2.24) is 0 Å². The van der Waals surface area contributed by atoms with Gasteiger partial charge in [-0.3, -0.25) is 0 Å². The zero-order valence-corrected chi connectivity index (χ0v) is 14.6. The van der Waals surface area contributed by atoms with Crippen molar-refractivity contribution in [3.05, 3.63) is 71.8 Å². The average Bonchev–Trinajstić information content (AvgIpc) is 2.98. The van der Waals surface area contributed by atoms with Gasteiger partial charge in [0.1, 0.15) is 6.10 Å². The summed E-state index contributed by atoms with van der Waals surface area (Å²) in [6.07, 6.45) is -1.27. The minimum absolute atomic E-state index is 0.0637. The third kappa shape index (κ3) is 3.94. The number of hydrogen-bond donors (Lipinski definition) is 1. The smallest absolute Gasteiger partial charge is 0.338 e. The second kappa shape index (κ2) is 8.15. The first-order valence-electron chi connectivity index (χ1n) is 8.80. The highest BCUT2D eigenvalue weighted by Gasteiger charge is 2.47. The lowest BCUT2D eigenvalue weighted by Crippen LogP contribution is -2.39. The maximum absolute atomic E-state index is 12.4. The molecule has 1 unspecified atom stereocenters. The maximum Gasteiger partial charge on any atom is 0.338 e. The Morgan fingerprint density at radius 1 is 0.885 bits per heavy atom. The molecule has 1 aliphatic carbocycles. The summed E-state index contributed by atoms with van der Waals surface area (Å²) in [6.45, 7) is 1.96. The number of hydrogen-bond acceptors (Lipinski definition) is 5. The van der Waals surface area contributed by atoms with Crippen LogP contribution in [0.4, 0.5) is 0 Å². The van der Waals surface area contributed by atoms with Gasteiger partial charge in [-0.1, -0.05) is 43.3 Å². The molecule has 2 aromatic carbocycles. The molecule has 5 nitrogen and oxygen atoms in total. The number of carbonyl (C=O) groups excluding carboxylic acids is 2. The van der Waals surface area contributed by atoms with E-state index in [2.05, 4.69) is 0 Å². The molecule has 0 aliphatic heterocycles. The number of aliphatic hydroxyl groups is 1. The van der Waals surface area contributed by atoms with E-state index in [0.29, 0.717) is 24.0 Å². The molecule has 136 valence electrons. The molecule has 0 saturated heterocycles. The van der Waals surface area contributed by atoms with Crippen LogP contribution < -0.4 is 0 Å². The fourth-order valence-electron chi connectivity index (χ4n) is 3.31. The Morgan fingerprint density at radius 3 is 1.81 bits per heavy atom. The summed E-state index contributed by atoms with van der Waals surface area (Å²) in [5.41, 5.74) is 0.824. The van der Waals surface area contributed by atoms with Gasteiger partial charge >= 0.3 is 11.9 Å². The normalized spacial score (nSPS) is 24.8. The molecule has 0 amide bonds. The lowest BCUT2D eigenvalue weighted by atomic mass is 10.0. The second-order valence-electron chi connectivity index (χ2n) is 6.44. The predicted molar refractivity (Wildman–Crippen MR) is 95.7 cm³/mol. The van der Waals surface area contributed by atoms with Gasteiger partial charge in [-0.2, -0.15) is 0 Å². The van der Waals surface area contributed by atoms with Gasteiger partial charge in [0.25, 0.3) is 0 Å². The molecule has 1 saturated carbocycles. The first kappa shape index (κ1) is 18.1. The van der Waals surface area contributed by atoms with Gasteiger partial charge in [-0.05, 0) is 37.1 Å². The quantitative estimate of drug-likeness (QED) is 0.835. The van der Waals surface area contributed by atoms with E-state index in [0.717, 1.165) is 0 Å². The predicted octanol–water partition coefficient (Wildman–Crippen LogP) is 3.23. The van der Waals surface area contributed by atoms with Gasteiger partial charge in [0.2, 0.25) is 0 Å². The molecule has 0 spiro atoms. The second-order valence-corrected chi connectivity index (χ2v) is 6.44. The largest absolute Gasteiger partial charge is 0.454 e. The van der Waals surface area contributed by atoms with Crippen LogP contribution in [0.15, 0.2) is 60.7 Å². The standard InChI is InChI=1S/C21H22O5/c1-2-14-13-17(22)19(26-21(24)16-11-7-4-8-12-16)18(14)25-20(23)15-9-5-3-6-10-15/h3-12,14,17-19,22H,2,13H2,1H3/t14-,17+,18?,19-/m1/s1. The van der Waals surface area contributed by atoms with Crippen molar-refractivity contribution in [1.29, 1.82) is 0 Å². The summed E-state index contributed by atoms with van der Waals surface area (Å²) in [5, 5.41) is 10.4. The van der Waals surface area contributed by atoms with Crippen LogP contribution in [0, 0.1) is 5.92 Å². The van der Waals surface area contributed by atoms with Crippen molar-refractivity contribution in [3.63, 3.8) is 0 Å². The highest BCUT2D eigenvalue weighted by atomic mass is 16.6. The van der Waals surface area contributed by atoms with E-state index in [4.69, 9.17) is 9.47 Å². The first-order chi connectivity index (χ1) is 12.6. The fourth-order valence-corrected chi connectivity index (χ4v) is 3.31. The van der Waals surface area contributed by atoms with Crippen molar-refractivity contribution in [2.24, 2.45) is 5.92 Å². The molecule has 1 N–H and O–H groups in total. The number of benzene rings is 2. The van der Waals surface area contributed by atoms with Gasteiger partial charge < -0.3 is 14.6 Å². The minimum atomic E-state index is -0.875. The topological polar surface area (TPSA) is 72.8 Å². The van der Waals surface area contributed by atoms with Gasteiger partial charge in [0.05, 0.1) is 17.2 Å². The Kier molecular flexibility index (Phi) is 5.68. The van der Waals surface area contributed by atoms with E-state index in [1.807, 2.05) is 13.0 Å². The minimum Gasteiger partial charge on any atom is -0.454 e. The van der Waals surface area contributed by atoms with Gasteiger partial charge in [-0.25, -0.2) is 9.59 Å². The molecule has 4 atom stereocenters. The Labute approximate surface area is 152 Å². The third-order valence-corrected chi connectivity index (χ3v) is 4.74. The molecular weight excluding hydrogens is 332 g/mol. The van der Waals surface area contributed by atoms with E-state index >= 15 is 0 Å². The Morgan fingerprint density at radius 2 is 1.35 bits per heavy atom. The van der Waals surface area contributed by atoms with Gasteiger partial charge in [0, 0.05) is 5.92 Å². The van der Waals surface area contributed by atoms with Crippen LogP contribution >= 0.6 is 0 Å². The van der Waals surface area contributed by atoms with Gasteiger partial charge in [-0.15, -0.1) is 0 Å². The van der Waals surface area contributed by atoms with Crippen LogP contribution in [0.3, 0.4) is 0 Å². The molecule has 0 bridgehead atoms. The molecule has 0 radical (unpaired) electrons. The average molecular weight is 354 g/mol. The zero-order chi connectivity index (χ0) is 18.5. The van der Waals surface area contributed by atoms with Crippen LogP contribution in [-0.2, 0) is 9.47 Å². The van der Waals surface area contributed by atoms with Gasteiger partial charge in [0.15, 0.2) is 6.10 Å². The van der Waals surface area contributed by atoms with Crippen molar-refractivity contribution < 1.29 is 24.2 Å². The fraction of sp³-hybridized carbons (Fsp3) is 0.333. The van der Waals surface area contributed by atoms with Crippen LogP contribution in [0.5, 0.6) is 0 Å². The lowest BCUT2D eigenvalue weighted by molar-refractivity contribution is -0.0600. The van der Waals surface area contributed by atoms with E-state index in [-0.39, 0.29) is 5.92 Å². The number of rotatable bonds is 5. The Balaban J connectivity index is 1.76. The number of carbonyl (C=O) groups is 2. The highest BCUT2D eigenvalue weighted by molar-refractivity contribution is 5.90. The summed E-state index contributed by atoms with van der Waals surface area (Å²) in [5.74, 6) is -1.08. The number of esters is 2. The van der Waals surface area contributed by atoms with Crippen molar-refractivity contribution in [2.75, 3.05) is 0 Å². The van der Waals surface area contributed by atoms with Crippen LogP contribution in [0.1, 0.15) is 40.5 Å². The summed E-state index contributed by atoms with van der Waals surface area (Å²) in [7, 11) is 0. The van der Waals surface area contributed by atoms with Crippen LogP contribution in [0.25, 0.3) is 0 Å². The van der Waals surface area contributed by atoms with Crippen molar-refractivity contribution >= 4 is 11.9 Å². The molecule has 1 aliphatic rings. The Hall–Kier alpha value is -2.66. The Bertz CT molecular complexity index is 744. The van der Waals surface area contributed by atoms with Crippen molar-refractivity contribution in [3.8, 4) is 0 Å². The monoisotopic (exact) mass is 354 g/mol. The van der Waals surface area contributed by atoms with E-state index < -0.39 is 30.3 Å². The highest BCUT2D eigenvalue weighted by Crippen LogP contribution is 2.34. The molecular formula is C21H22O5. The van der Waals surface area contributed by atoms with Crippen LogP contribution in [0.2, 0.25) is 0 Å². The molecule has 2 aromatic rings. The summed E-state index contributed by atoms with van der Waals surface area (Å²) in [4.78, 5) is 24.8. The SMILES string of the molecule is CC[C@@H]1C[C@H](O)[C@@H](OC(=O)c2ccccc2)C1OC(=O)c1ccccc1. The summed E-state index contributed by atoms with van der Waals surface area (Å²) < 4.78 is 11.2.